The third-order valence-corrected chi connectivity index (χ3v) is 6.34. The number of fused-ring (bicyclic) bond motifs is 1. The van der Waals surface area contributed by atoms with Crippen LogP contribution in [0.1, 0.15) is 0 Å². The van der Waals surface area contributed by atoms with Crippen molar-refractivity contribution < 1.29 is 13.2 Å². The molecule has 11 heteroatoms. The summed E-state index contributed by atoms with van der Waals surface area (Å²) in [5, 5.41) is 4.77. The number of piperazine rings is 1. The van der Waals surface area contributed by atoms with Gasteiger partial charge in [-0.05, 0) is 44.4 Å². The first-order valence-corrected chi connectivity index (χ1v) is 11.7. The Morgan fingerprint density at radius 3 is 2.44 bits per heavy atom. The zero-order chi connectivity index (χ0) is 25.4. The number of likely N-dealkylation sites (N-methyl/N-ethyl adjacent to an activating group) is 1. The molecule has 2 N–H and O–H groups in total. The zero-order valence-corrected chi connectivity index (χ0v) is 20.1. The molecular weight excluding hydrogens is 469 g/mol. The third-order valence-electron chi connectivity index (χ3n) is 6.34. The summed E-state index contributed by atoms with van der Waals surface area (Å²) in [6.45, 7) is 4.89. The summed E-state index contributed by atoms with van der Waals surface area (Å²) in [4.78, 5) is 15.8. The van der Waals surface area contributed by atoms with Gasteiger partial charge in [0, 0.05) is 44.8 Å². The van der Waals surface area contributed by atoms with Crippen LogP contribution in [0.5, 0.6) is 0 Å². The quantitative estimate of drug-likeness (QED) is 0.439. The van der Waals surface area contributed by atoms with Gasteiger partial charge in [0.2, 0.25) is 5.95 Å². The molecule has 5 rings (SSSR count). The van der Waals surface area contributed by atoms with E-state index in [1.54, 1.807) is 6.07 Å². The highest BCUT2D eigenvalue weighted by Gasteiger charge is 2.25. The fourth-order valence-corrected chi connectivity index (χ4v) is 4.34. The zero-order valence-electron chi connectivity index (χ0n) is 20.1. The van der Waals surface area contributed by atoms with E-state index in [4.69, 9.17) is 5.73 Å². The fraction of sp³-hybridized carbons (Fsp3) is 0.320. The van der Waals surface area contributed by atoms with Crippen LogP contribution in [0.25, 0.3) is 28.0 Å². The molecule has 188 valence electrons. The van der Waals surface area contributed by atoms with Gasteiger partial charge in [-0.2, -0.15) is 4.98 Å². The van der Waals surface area contributed by atoms with Crippen molar-refractivity contribution in [3.8, 4) is 16.9 Å². The second-order valence-electron chi connectivity index (χ2n) is 9.08. The van der Waals surface area contributed by atoms with E-state index >= 15 is 0 Å². The predicted molar refractivity (Wildman–Crippen MR) is 134 cm³/mol. The molecule has 1 aliphatic heterocycles. The predicted octanol–water partition coefficient (Wildman–Crippen LogP) is 3.17. The Balaban J connectivity index is 1.59. The molecule has 2 aromatic carbocycles. The van der Waals surface area contributed by atoms with Gasteiger partial charge in [0.15, 0.2) is 17.3 Å². The number of halogens is 3. The van der Waals surface area contributed by atoms with Crippen LogP contribution in [0.2, 0.25) is 0 Å². The van der Waals surface area contributed by atoms with Crippen LogP contribution in [0.3, 0.4) is 0 Å². The van der Waals surface area contributed by atoms with E-state index in [0.29, 0.717) is 24.7 Å². The minimum Gasteiger partial charge on any atom is -0.383 e. The van der Waals surface area contributed by atoms with Crippen LogP contribution in [-0.2, 0) is 0 Å². The van der Waals surface area contributed by atoms with Gasteiger partial charge in [0.25, 0.3) is 0 Å². The largest absolute Gasteiger partial charge is 0.383 e. The van der Waals surface area contributed by atoms with Crippen molar-refractivity contribution in [3.05, 3.63) is 59.9 Å². The number of anilines is 2. The molecule has 0 bridgehead atoms. The lowest BCUT2D eigenvalue weighted by atomic mass is 10.1. The van der Waals surface area contributed by atoms with Crippen LogP contribution in [0.15, 0.2) is 42.5 Å². The number of nitrogen functional groups attached to an aromatic ring is 1. The summed E-state index contributed by atoms with van der Waals surface area (Å²) in [5.74, 6) is -2.02. The first kappa shape index (κ1) is 24.0. The number of rotatable bonds is 6. The van der Waals surface area contributed by atoms with Gasteiger partial charge >= 0.3 is 0 Å². The van der Waals surface area contributed by atoms with E-state index in [2.05, 4.69) is 24.9 Å². The average molecular weight is 497 g/mol. The maximum Gasteiger partial charge on any atom is 0.228 e. The van der Waals surface area contributed by atoms with E-state index in [1.807, 2.05) is 19.0 Å². The van der Waals surface area contributed by atoms with Crippen molar-refractivity contribution in [2.75, 3.05) is 64.0 Å². The van der Waals surface area contributed by atoms with Gasteiger partial charge in [-0.15, -0.1) is 5.10 Å². The van der Waals surface area contributed by atoms with E-state index in [1.165, 1.54) is 35.0 Å². The van der Waals surface area contributed by atoms with Crippen molar-refractivity contribution in [2.24, 2.45) is 0 Å². The number of benzene rings is 2. The average Bonchev–Trinajstić information content (AvgIpc) is 3.20. The molecular formula is C25H27F3N8. The first-order chi connectivity index (χ1) is 17.3. The Labute approximate surface area is 206 Å². The summed E-state index contributed by atoms with van der Waals surface area (Å²) in [5.41, 5.74) is 7.11. The Hall–Kier alpha value is -3.70. The van der Waals surface area contributed by atoms with E-state index in [-0.39, 0.29) is 28.1 Å². The minimum atomic E-state index is -1.03. The highest BCUT2D eigenvalue weighted by atomic mass is 19.2. The number of nitrogens with zero attached hydrogens (tertiary/aromatic N) is 7. The minimum absolute atomic E-state index is 0.0428. The van der Waals surface area contributed by atoms with Crippen molar-refractivity contribution in [1.82, 2.24) is 29.5 Å². The number of hydrogen-bond acceptors (Lipinski definition) is 7. The van der Waals surface area contributed by atoms with Crippen LogP contribution >= 0.6 is 0 Å². The smallest absolute Gasteiger partial charge is 0.228 e. The summed E-state index contributed by atoms with van der Waals surface area (Å²) >= 11 is 0. The lowest BCUT2D eigenvalue weighted by molar-refractivity contribution is 0.229. The van der Waals surface area contributed by atoms with E-state index in [0.717, 1.165) is 32.2 Å². The molecule has 0 spiro atoms. The van der Waals surface area contributed by atoms with Gasteiger partial charge in [-0.1, -0.05) is 12.1 Å². The van der Waals surface area contributed by atoms with Crippen molar-refractivity contribution in [1.29, 1.82) is 0 Å². The van der Waals surface area contributed by atoms with Crippen LogP contribution < -0.4 is 10.6 Å². The second kappa shape index (κ2) is 9.75. The summed E-state index contributed by atoms with van der Waals surface area (Å²) < 4.78 is 44.3. The Kier molecular flexibility index (Phi) is 6.50. The van der Waals surface area contributed by atoms with Crippen LogP contribution in [0, 0.1) is 17.5 Å². The summed E-state index contributed by atoms with van der Waals surface area (Å²) in [6, 6.07) is 9.69. The van der Waals surface area contributed by atoms with Crippen LogP contribution in [-0.4, -0.2) is 82.9 Å². The van der Waals surface area contributed by atoms with Crippen molar-refractivity contribution >= 4 is 22.8 Å². The summed E-state index contributed by atoms with van der Waals surface area (Å²) in [6.07, 6.45) is 0. The molecule has 0 amide bonds. The number of aromatic nitrogens is 4. The van der Waals surface area contributed by atoms with Gasteiger partial charge in [0.1, 0.15) is 11.6 Å². The maximum absolute atomic E-state index is 14.9. The number of hydrogen-bond donors (Lipinski definition) is 1. The highest BCUT2D eigenvalue weighted by Crippen LogP contribution is 2.35. The lowest BCUT2D eigenvalue weighted by Crippen LogP contribution is -2.48. The molecule has 3 heterocycles. The Bertz CT molecular complexity index is 1400. The van der Waals surface area contributed by atoms with Gasteiger partial charge in [-0.3, -0.25) is 4.90 Å². The molecule has 8 nitrogen and oxygen atoms in total. The topological polar surface area (TPSA) is 79.3 Å². The molecule has 1 saturated heterocycles. The van der Waals surface area contributed by atoms with Crippen LogP contribution in [0.4, 0.5) is 24.9 Å². The third kappa shape index (κ3) is 4.59. The number of nitrogens with two attached hydrogens (primary N) is 1. The van der Waals surface area contributed by atoms with Gasteiger partial charge in [0.05, 0.1) is 16.8 Å². The van der Waals surface area contributed by atoms with E-state index < -0.39 is 17.5 Å². The van der Waals surface area contributed by atoms with Gasteiger partial charge in [-0.25, -0.2) is 22.8 Å². The SMILES string of the molecule is CN(C)CCN1CCN(c2nc(-c3cccc(F)c3F)c3c(N)n(-c4cccc(F)c4)nc3n2)CC1. The Morgan fingerprint density at radius 1 is 0.972 bits per heavy atom. The molecule has 0 radical (unpaired) electrons. The molecule has 0 aliphatic carbocycles. The molecule has 0 saturated carbocycles. The van der Waals surface area contributed by atoms with Gasteiger partial charge < -0.3 is 15.5 Å². The maximum atomic E-state index is 14.9. The highest BCUT2D eigenvalue weighted by molar-refractivity contribution is 5.99. The second-order valence-corrected chi connectivity index (χ2v) is 9.08. The summed E-state index contributed by atoms with van der Waals surface area (Å²) in [7, 11) is 4.09. The molecule has 2 aromatic heterocycles. The Morgan fingerprint density at radius 2 is 1.72 bits per heavy atom. The molecule has 4 aromatic rings. The van der Waals surface area contributed by atoms with E-state index in [9.17, 15) is 13.2 Å². The molecule has 1 aliphatic rings. The first-order valence-electron chi connectivity index (χ1n) is 11.7. The molecule has 1 fully saturated rings. The molecule has 0 unspecified atom stereocenters. The molecule has 36 heavy (non-hydrogen) atoms. The molecule has 0 atom stereocenters. The van der Waals surface area contributed by atoms with Crippen molar-refractivity contribution in [3.63, 3.8) is 0 Å². The lowest BCUT2D eigenvalue weighted by Gasteiger charge is -2.35. The monoisotopic (exact) mass is 496 g/mol. The standard InChI is InChI=1S/C25H27F3N8/c1-33(2)9-10-34-11-13-35(14-12-34)25-30-22(18-7-4-8-19(27)21(18)28)20-23(29)36(32-24(20)31-25)17-6-3-5-16(26)15-17/h3-8,15H,9-14,29H2,1-2H3. The normalized spacial score (nSPS) is 14.8. The van der Waals surface area contributed by atoms with Crippen molar-refractivity contribution in [2.45, 2.75) is 0 Å². The fourth-order valence-electron chi connectivity index (χ4n) is 4.34.